The Labute approximate surface area is 93.8 Å². The third kappa shape index (κ3) is 4.63. The Bertz CT molecular complexity index is 290. The summed E-state index contributed by atoms with van der Waals surface area (Å²) in [7, 11) is 1.39. The molecule has 0 spiro atoms. The molecule has 0 saturated heterocycles. The Morgan fingerprint density at radius 3 is 2.06 bits per heavy atom. The molecule has 0 aromatic heterocycles. The highest BCUT2D eigenvalue weighted by Gasteiger charge is 2.23. The van der Waals surface area contributed by atoms with E-state index in [1.54, 1.807) is 13.8 Å². The number of rotatable bonds is 5. The highest BCUT2D eigenvalue weighted by Crippen LogP contribution is 2.02. The number of nitrogens with zero attached hydrogens (tertiary/aromatic N) is 2. The van der Waals surface area contributed by atoms with Crippen molar-refractivity contribution in [2.24, 2.45) is 5.73 Å². The predicted octanol–water partition coefficient (Wildman–Crippen LogP) is -0.681. The van der Waals surface area contributed by atoms with Crippen molar-refractivity contribution in [3.63, 3.8) is 0 Å². The second-order valence-corrected chi connectivity index (χ2v) is 3.72. The number of carboxylic acid groups (broad SMARTS) is 1. The summed E-state index contributed by atoms with van der Waals surface area (Å²) >= 11 is 0. The van der Waals surface area contributed by atoms with Gasteiger partial charge in [0.15, 0.2) is 0 Å². The molecule has 3 amide bonds. The Kier molecular flexibility index (Phi) is 5.27. The molecule has 0 aromatic carbocycles. The van der Waals surface area contributed by atoms with Crippen molar-refractivity contribution in [2.75, 3.05) is 20.1 Å². The third-order valence-corrected chi connectivity index (χ3v) is 1.89. The molecule has 92 valence electrons. The number of primary amides is 1. The van der Waals surface area contributed by atoms with Crippen LogP contribution < -0.4 is 5.73 Å². The molecule has 0 aliphatic heterocycles. The van der Waals surface area contributed by atoms with Gasteiger partial charge in [-0.15, -0.1) is 0 Å². The lowest BCUT2D eigenvalue weighted by Crippen LogP contribution is -2.49. The molecule has 0 bridgehead atoms. The number of nitrogens with two attached hydrogens (primary N) is 1. The Morgan fingerprint density at radius 1 is 1.25 bits per heavy atom. The topological polar surface area (TPSA) is 104 Å². The summed E-state index contributed by atoms with van der Waals surface area (Å²) in [6, 6.07) is -0.796. The first-order valence-electron chi connectivity index (χ1n) is 4.77. The molecule has 16 heavy (non-hydrogen) atoms. The number of carbonyl (C=O) groups is 3. The molecular weight excluding hydrogens is 214 g/mol. The monoisotopic (exact) mass is 231 g/mol. The lowest BCUT2D eigenvalue weighted by Gasteiger charge is -2.29. The van der Waals surface area contributed by atoms with Crippen LogP contribution in [0.2, 0.25) is 0 Å². The fourth-order valence-electron chi connectivity index (χ4n) is 1.14. The number of likely N-dealkylation sites (N-methyl/N-ethyl adjacent to an activating group) is 1. The maximum atomic E-state index is 11.7. The van der Waals surface area contributed by atoms with Crippen LogP contribution in [0.1, 0.15) is 13.8 Å². The lowest BCUT2D eigenvalue weighted by molar-refractivity contribution is -0.138. The number of hydrogen-bond acceptors (Lipinski definition) is 3. The first-order chi connectivity index (χ1) is 7.25. The number of amides is 3. The van der Waals surface area contributed by atoms with Crippen LogP contribution in [0.25, 0.3) is 0 Å². The summed E-state index contributed by atoms with van der Waals surface area (Å²) in [6.45, 7) is 2.75. The smallest absolute Gasteiger partial charge is 0.323 e. The van der Waals surface area contributed by atoms with E-state index < -0.39 is 24.5 Å². The fraction of sp³-hybridized carbons (Fsp3) is 0.667. The van der Waals surface area contributed by atoms with Crippen molar-refractivity contribution < 1.29 is 19.5 Å². The molecule has 7 nitrogen and oxygen atoms in total. The van der Waals surface area contributed by atoms with Crippen LogP contribution in [0.15, 0.2) is 0 Å². The van der Waals surface area contributed by atoms with Crippen LogP contribution in [0, 0.1) is 0 Å². The van der Waals surface area contributed by atoms with Crippen LogP contribution in [0.5, 0.6) is 0 Å². The number of carboxylic acids is 1. The standard InChI is InChI=1S/C9H17N3O4/c1-6(2)12(5-8(14)15)9(16)11(3)4-7(10)13/h6H,4-5H2,1-3H3,(H2,10,13)(H,14,15). The van der Waals surface area contributed by atoms with E-state index >= 15 is 0 Å². The number of carbonyl (C=O) groups excluding carboxylic acids is 2. The van der Waals surface area contributed by atoms with E-state index in [0.717, 1.165) is 9.80 Å². The van der Waals surface area contributed by atoms with Crippen molar-refractivity contribution in [1.82, 2.24) is 9.80 Å². The zero-order valence-electron chi connectivity index (χ0n) is 9.64. The number of aliphatic carboxylic acids is 1. The van der Waals surface area contributed by atoms with Gasteiger partial charge in [0.2, 0.25) is 5.91 Å². The van der Waals surface area contributed by atoms with Crippen molar-refractivity contribution in [3.8, 4) is 0 Å². The van der Waals surface area contributed by atoms with Gasteiger partial charge in [-0.25, -0.2) is 4.79 Å². The summed E-state index contributed by atoms with van der Waals surface area (Å²) in [4.78, 5) is 35.2. The average molecular weight is 231 g/mol. The summed E-state index contributed by atoms with van der Waals surface area (Å²) < 4.78 is 0. The maximum absolute atomic E-state index is 11.7. The van der Waals surface area contributed by atoms with E-state index in [9.17, 15) is 14.4 Å². The van der Waals surface area contributed by atoms with Crippen molar-refractivity contribution in [3.05, 3.63) is 0 Å². The zero-order valence-corrected chi connectivity index (χ0v) is 9.64. The average Bonchev–Trinajstić information content (AvgIpc) is 2.11. The highest BCUT2D eigenvalue weighted by atomic mass is 16.4. The van der Waals surface area contributed by atoms with E-state index in [1.807, 2.05) is 0 Å². The van der Waals surface area contributed by atoms with Gasteiger partial charge in [0.25, 0.3) is 0 Å². The Morgan fingerprint density at radius 2 is 1.75 bits per heavy atom. The molecule has 0 unspecified atom stereocenters. The minimum Gasteiger partial charge on any atom is -0.480 e. The third-order valence-electron chi connectivity index (χ3n) is 1.89. The van der Waals surface area contributed by atoms with E-state index in [2.05, 4.69) is 0 Å². The van der Waals surface area contributed by atoms with E-state index in [0.29, 0.717) is 0 Å². The molecule has 0 radical (unpaired) electrons. The van der Waals surface area contributed by atoms with Gasteiger partial charge in [-0.1, -0.05) is 0 Å². The maximum Gasteiger partial charge on any atom is 0.323 e. The van der Waals surface area contributed by atoms with Crippen molar-refractivity contribution in [2.45, 2.75) is 19.9 Å². The minimum absolute atomic E-state index is 0.234. The fourth-order valence-corrected chi connectivity index (χ4v) is 1.14. The first-order valence-corrected chi connectivity index (χ1v) is 4.77. The van der Waals surface area contributed by atoms with Crippen LogP contribution in [-0.2, 0) is 9.59 Å². The highest BCUT2D eigenvalue weighted by molar-refractivity contribution is 5.84. The molecule has 0 aliphatic rings. The normalized spacial score (nSPS) is 10.0. The quantitative estimate of drug-likeness (QED) is 0.654. The van der Waals surface area contributed by atoms with Crippen molar-refractivity contribution in [1.29, 1.82) is 0 Å². The molecule has 0 aromatic rings. The molecule has 0 heterocycles. The number of hydrogen-bond donors (Lipinski definition) is 2. The SMILES string of the molecule is CC(C)N(CC(=O)O)C(=O)N(C)CC(N)=O. The van der Waals surface area contributed by atoms with Gasteiger partial charge in [0.1, 0.15) is 13.1 Å². The van der Waals surface area contributed by atoms with Crippen LogP contribution >= 0.6 is 0 Å². The zero-order chi connectivity index (χ0) is 12.9. The molecule has 0 fully saturated rings. The van der Waals surface area contributed by atoms with Crippen LogP contribution in [0.3, 0.4) is 0 Å². The van der Waals surface area contributed by atoms with Gasteiger partial charge in [0.05, 0.1) is 0 Å². The van der Waals surface area contributed by atoms with Crippen molar-refractivity contribution >= 4 is 17.9 Å². The first kappa shape index (κ1) is 14.2. The Balaban J connectivity index is 4.60. The molecule has 0 saturated carbocycles. The van der Waals surface area contributed by atoms with E-state index in [4.69, 9.17) is 10.8 Å². The second-order valence-electron chi connectivity index (χ2n) is 3.72. The van der Waals surface area contributed by atoms with E-state index in [1.165, 1.54) is 7.05 Å². The van der Waals surface area contributed by atoms with Crippen LogP contribution in [-0.4, -0.2) is 59.0 Å². The van der Waals surface area contributed by atoms with Gasteiger partial charge in [0, 0.05) is 13.1 Å². The van der Waals surface area contributed by atoms with E-state index in [-0.39, 0.29) is 12.6 Å². The van der Waals surface area contributed by atoms with Gasteiger partial charge in [-0.3, -0.25) is 9.59 Å². The van der Waals surface area contributed by atoms with Gasteiger partial charge in [-0.2, -0.15) is 0 Å². The summed E-state index contributed by atoms with van der Waals surface area (Å²) in [5.41, 5.74) is 4.94. The minimum atomic E-state index is -1.10. The molecule has 0 aliphatic carbocycles. The molecule has 7 heteroatoms. The van der Waals surface area contributed by atoms with Gasteiger partial charge >= 0.3 is 12.0 Å². The largest absolute Gasteiger partial charge is 0.480 e. The second kappa shape index (κ2) is 5.94. The lowest BCUT2D eigenvalue weighted by atomic mass is 10.3. The Hall–Kier alpha value is -1.79. The summed E-state index contributed by atoms with van der Waals surface area (Å²) in [6.07, 6.45) is 0. The van der Waals surface area contributed by atoms with Gasteiger partial charge < -0.3 is 20.6 Å². The summed E-state index contributed by atoms with van der Waals surface area (Å²) in [5.74, 6) is -1.75. The molecule has 0 atom stereocenters. The predicted molar refractivity (Wildman–Crippen MR) is 56.7 cm³/mol. The summed E-state index contributed by atoms with van der Waals surface area (Å²) in [5, 5.41) is 8.64. The molecular formula is C9H17N3O4. The number of urea groups is 1. The van der Waals surface area contributed by atoms with Crippen LogP contribution in [0.4, 0.5) is 4.79 Å². The van der Waals surface area contributed by atoms with Gasteiger partial charge in [-0.05, 0) is 13.8 Å². The molecule has 3 N–H and O–H groups in total. The molecule has 0 rings (SSSR count).